The van der Waals surface area contributed by atoms with Gasteiger partial charge in [0.05, 0.1) is 7.11 Å². The number of ether oxygens (including phenoxy) is 2. The minimum atomic E-state index is -0.321. The Kier molecular flexibility index (Phi) is 7.11. The monoisotopic (exact) mass is 419 g/mol. The molecule has 0 unspecified atom stereocenters. The number of para-hydroxylation sites is 2. The molecule has 0 fully saturated rings. The summed E-state index contributed by atoms with van der Waals surface area (Å²) < 4.78 is 11.1. The molecule has 0 saturated carbocycles. The highest BCUT2D eigenvalue weighted by molar-refractivity contribution is 6.05. The maximum atomic E-state index is 12.6. The minimum absolute atomic E-state index is 0.0152. The predicted molar refractivity (Wildman–Crippen MR) is 121 cm³/mol. The van der Waals surface area contributed by atoms with Gasteiger partial charge in [0.2, 0.25) is 0 Å². The zero-order valence-electron chi connectivity index (χ0n) is 17.6. The molecule has 31 heavy (non-hydrogen) atoms. The van der Waals surface area contributed by atoms with Crippen LogP contribution in [0.2, 0.25) is 0 Å². The number of nitrogens with one attached hydrogen (secondary N) is 3. The molecule has 0 aliphatic heterocycles. The van der Waals surface area contributed by atoms with E-state index in [2.05, 4.69) is 16.0 Å². The molecule has 3 amide bonds. The maximum Gasteiger partial charge on any atom is 0.319 e. The number of hydrogen-bond acceptors (Lipinski definition) is 4. The lowest BCUT2D eigenvalue weighted by Crippen LogP contribution is -2.34. The number of anilines is 2. The molecule has 7 nitrogen and oxygen atoms in total. The highest BCUT2D eigenvalue weighted by atomic mass is 16.5. The first-order valence-corrected chi connectivity index (χ1v) is 9.84. The van der Waals surface area contributed by atoms with Crippen LogP contribution in [-0.2, 0) is 0 Å². The minimum Gasteiger partial charge on any atom is -0.493 e. The molecule has 0 heterocycles. The SMILES string of the molecule is COc1ccccc1Oc1ccc(NC(=O)c2cccc(NC(=O)NC(C)C)c2)cc1. The average Bonchev–Trinajstić information content (AvgIpc) is 2.75. The van der Waals surface area contributed by atoms with Crippen molar-refractivity contribution in [2.45, 2.75) is 19.9 Å². The Morgan fingerprint density at radius 1 is 0.806 bits per heavy atom. The second kappa shape index (κ2) is 10.2. The van der Waals surface area contributed by atoms with Crippen LogP contribution in [0.15, 0.2) is 72.8 Å². The summed E-state index contributed by atoms with van der Waals surface area (Å²) >= 11 is 0. The van der Waals surface area contributed by atoms with Crippen molar-refractivity contribution < 1.29 is 19.1 Å². The average molecular weight is 419 g/mol. The Labute approximate surface area is 181 Å². The molecule has 3 aromatic rings. The second-order valence-corrected chi connectivity index (χ2v) is 7.07. The summed E-state index contributed by atoms with van der Waals surface area (Å²) in [6.07, 6.45) is 0. The van der Waals surface area contributed by atoms with Gasteiger partial charge in [0, 0.05) is 23.0 Å². The van der Waals surface area contributed by atoms with Gasteiger partial charge in [0.1, 0.15) is 5.75 Å². The molecule has 0 spiro atoms. The number of benzene rings is 3. The Morgan fingerprint density at radius 2 is 1.52 bits per heavy atom. The van der Waals surface area contributed by atoms with Gasteiger partial charge in [-0.15, -0.1) is 0 Å². The lowest BCUT2D eigenvalue weighted by molar-refractivity contribution is 0.102. The van der Waals surface area contributed by atoms with Gasteiger partial charge in [-0.1, -0.05) is 18.2 Å². The fraction of sp³-hybridized carbons (Fsp3) is 0.167. The lowest BCUT2D eigenvalue weighted by atomic mass is 10.2. The molecule has 0 saturated heterocycles. The molecule has 0 aromatic heterocycles. The van der Waals surface area contributed by atoms with Gasteiger partial charge >= 0.3 is 6.03 Å². The van der Waals surface area contributed by atoms with Crippen LogP contribution in [0.5, 0.6) is 17.2 Å². The van der Waals surface area contributed by atoms with Gasteiger partial charge in [-0.25, -0.2) is 4.79 Å². The number of urea groups is 1. The normalized spacial score (nSPS) is 10.3. The van der Waals surface area contributed by atoms with Crippen molar-refractivity contribution in [2.24, 2.45) is 0 Å². The van der Waals surface area contributed by atoms with Gasteiger partial charge in [0.15, 0.2) is 11.5 Å². The standard InChI is InChI=1S/C24H25N3O4/c1-16(2)25-24(29)27-19-8-6-7-17(15-19)23(28)26-18-11-13-20(14-12-18)31-22-10-5-4-9-21(22)30-3/h4-16H,1-3H3,(H,26,28)(H2,25,27,29). The third kappa shape index (κ3) is 6.24. The van der Waals surface area contributed by atoms with Crippen LogP contribution in [0.25, 0.3) is 0 Å². The molecule has 3 rings (SSSR count). The van der Waals surface area contributed by atoms with Crippen LogP contribution in [-0.4, -0.2) is 25.1 Å². The molecular formula is C24H25N3O4. The number of carbonyl (C=O) groups excluding carboxylic acids is 2. The van der Waals surface area contributed by atoms with E-state index in [1.54, 1.807) is 55.6 Å². The number of amides is 3. The van der Waals surface area contributed by atoms with E-state index in [1.165, 1.54) is 0 Å². The van der Waals surface area contributed by atoms with Crippen molar-refractivity contribution in [1.29, 1.82) is 0 Å². The molecule has 7 heteroatoms. The van der Waals surface area contributed by atoms with Gasteiger partial charge in [-0.2, -0.15) is 0 Å². The smallest absolute Gasteiger partial charge is 0.319 e. The van der Waals surface area contributed by atoms with E-state index < -0.39 is 0 Å². The second-order valence-electron chi connectivity index (χ2n) is 7.07. The molecule has 0 aliphatic rings. The van der Waals surface area contributed by atoms with E-state index in [1.807, 2.05) is 38.1 Å². The van der Waals surface area contributed by atoms with Crippen molar-refractivity contribution in [1.82, 2.24) is 5.32 Å². The van der Waals surface area contributed by atoms with E-state index in [4.69, 9.17) is 9.47 Å². The van der Waals surface area contributed by atoms with Crippen molar-refractivity contribution in [3.63, 3.8) is 0 Å². The van der Waals surface area contributed by atoms with Crippen molar-refractivity contribution in [3.8, 4) is 17.2 Å². The van der Waals surface area contributed by atoms with Crippen LogP contribution in [0.1, 0.15) is 24.2 Å². The first-order chi connectivity index (χ1) is 14.9. The zero-order valence-corrected chi connectivity index (χ0v) is 17.6. The largest absolute Gasteiger partial charge is 0.493 e. The Hall–Kier alpha value is -4.00. The van der Waals surface area contributed by atoms with Gasteiger partial charge < -0.3 is 25.4 Å². The highest BCUT2D eigenvalue weighted by Gasteiger charge is 2.10. The molecule has 0 atom stereocenters. The fourth-order valence-electron chi connectivity index (χ4n) is 2.81. The van der Waals surface area contributed by atoms with E-state index in [9.17, 15) is 9.59 Å². The van der Waals surface area contributed by atoms with Crippen LogP contribution in [0.3, 0.4) is 0 Å². The van der Waals surface area contributed by atoms with Crippen LogP contribution in [0.4, 0.5) is 16.2 Å². The third-order valence-electron chi connectivity index (χ3n) is 4.21. The van der Waals surface area contributed by atoms with Crippen molar-refractivity contribution in [2.75, 3.05) is 17.7 Å². The van der Waals surface area contributed by atoms with Crippen LogP contribution >= 0.6 is 0 Å². The molecule has 0 bridgehead atoms. The van der Waals surface area contributed by atoms with Gasteiger partial charge in [-0.05, 0) is 68.4 Å². The summed E-state index contributed by atoms with van der Waals surface area (Å²) in [6, 6.07) is 20.8. The molecule has 0 radical (unpaired) electrons. The van der Waals surface area contributed by atoms with E-state index in [-0.39, 0.29) is 18.0 Å². The molecule has 3 aromatic carbocycles. The fourth-order valence-corrected chi connectivity index (χ4v) is 2.81. The Bertz CT molecular complexity index is 1050. The Morgan fingerprint density at radius 3 is 2.19 bits per heavy atom. The summed E-state index contributed by atoms with van der Waals surface area (Å²) in [5, 5.41) is 8.29. The topological polar surface area (TPSA) is 88.7 Å². The van der Waals surface area contributed by atoms with Crippen LogP contribution in [0, 0.1) is 0 Å². The van der Waals surface area contributed by atoms with E-state index in [0.29, 0.717) is 34.2 Å². The third-order valence-corrected chi connectivity index (χ3v) is 4.21. The zero-order chi connectivity index (χ0) is 22.2. The van der Waals surface area contributed by atoms with E-state index >= 15 is 0 Å². The maximum absolute atomic E-state index is 12.6. The number of hydrogen-bond donors (Lipinski definition) is 3. The van der Waals surface area contributed by atoms with Gasteiger partial charge in [0.25, 0.3) is 5.91 Å². The van der Waals surface area contributed by atoms with Crippen molar-refractivity contribution in [3.05, 3.63) is 78.4 Å². The van der Waals surface area contributed by atoms with Crippen LogP contribution < -0.4 is 25.4 Å². The quantitative estimate of drug-likeness (QED) is 0.487. The highest BCUT2D eigenvalue weighted by Crippen LogP contribution is 2.31. The number of methoxy groups -OCH3 is 1. The molecular weight excluding hydrogens is 394 g/mol. The summed E-state index contributed by atoms with van der Waals surface area (Å²) in [6.45, 7) is 3.74. The Balaban J connectivity index is 1.63. The first-order valence-electron chi connectivity index (χ1n) is 9.84. The summed E-state index contributed by atoms with van der Waals surface area (Å²) in [5.41, 5.74) is 1.58. The molecule has 160 valence electrons. The summed E-state index contributed by atoms with van der Waals surface area (Å²) in [4.78, 5) is 24.5. The van der Waals surface area contributed by atoms with Crippen molar-refractivity contribution >= 4 is 23.3 Å². The molecule has 0 aliphatic carbocycles. The number of carbonyl (C=O) groups is 2. The summed E-state index contributed by atoms with van der Waals surface area (Å²) in [7, 11) is 1.59. The number of rotatable bonds is 7. The van der Waals surface area contributed by atoms with Gasteiger partial charge in [-0.3, -0.25) is 4.79 Å². The first kappa shape index (κ1) is 21.7. The summed E-state index contributed by atoms with van der Waals surface area (Å²) in [5.74, 6) is 1.57. The predicted octanol–water partition coefficient (Wildman–Crippen LogP) is 5.27. The van der Waals surface area contributed by atoms with E-state index in [0.717, 1.165) is 0 Å². The molecule has 3 N–H and O–H groups in total. The lowest BCUT2D eigenvalue weighted by Gasteiger charge is -2.12.